The van der Waals surface area contributed by atoms with Crippen LogP contribution in [-0.2, 0) is 24.2 Å². The standard InChI is InChI=1S/C22H27N3O4/c1-16-4-6-25(8-7-24-9-12-28-13-10-24)22(27)20(16)21(26)23-15-17-2-3-19-18(14-17)5-11-29-19/h2-4,6,14H,5,7-13,15H2,1H3,(H,23,26). The molecule has 1 aromatic carbocycles. The quantitative estimate of drug-likeness (QED) is 0.797. The lowest BCUT2D eigenvalue weighted by Gasteiger charge is -2.26. The molecule has 0 aliphatic carbocycles. The van der Waals surface area contributed by atoms with E-state index in [1.54, 1.807) is 17.7 Å². The van der Waals surface area contributed by atoms with Gasteiger partial charge in [-0.05, 0) is 35.7 Å². The van der Waals surface area contributed by atoms with Gasteiger partial charge in [-0.1, -0.05) is 12.1 Å². The number of aromatic nitrogens is 1. The third-order valence-corrected chi connectivity index (χ3v) is 5.57. The molecule has 1 aromatic heterocycles. The summed E-state index contributed by atoms with van der Waals surface area (Å²) in [5, 5.41) is 2.90. The van der Waals surface area contributed by atoms with Gasteiger partial charge in [0.25, 0.3) is 11.5 Å². The van der Waals surface area contributed by atoms with Crippen molar-refractivity contribution in [1.29, 1.82) is 0 Å². The van der Waals surface area contributed by atoms with Crippen LogP contribution >= 0.6 is 0 Å². The molecule has 3 heterocycles. The van der Waals surface area contributed by atoms with E-state index in [0.29, 0.717) is 25.3 Å². The maximum atomic E-state index is 12.9. The lowest BCUT2D eigenvalue weighted by molar-refractivity contribution is 0.0362. The molecule has 0 bridgehead atoms. The molecule has 1 N–H and O–H groups in total. The molecule has 2 aliphatic rings. The van der Waals surface area contributed by atoms with E-state index >= 15 is 0 Å². The van der Waals surface area contributed by atoms with Crippen LogP contribution in [0.15, 0.2) is 35.3 Å². The molecule has 7 heteroatoms. The van der Waals surface area contributed by atoms with Gasteiger partial charge in [-0.2, -0.15) is 0 Å². The Kier molecular flexibility index (Phi) is 5.97. The minimum Gasteiger partial charge on any atom is -0.493 e. The first-order valence-electron chi connectivity index (χ1n) is 10.1. The number of nitrogens with one attached hydrogen (secondary N) is 1. The van der Waals surface area contributed by atoms with Crippen LogP contribution in [0.2, 0.25) is 0 Å². The SMILES string of the molecule is Cc1ccn(CCN2CCOCC2)c(=O)c1C(=O)NCc1ccc2c(c1)CCO2. The molecular weight excluding hydrogens is 370 g/mol. The number of carbonyl (C=O) groups excluding carboxylic acids is 1. The van der Waals surface area contributed by atoms with E-state index in [2.05, 4.69) is 16.3 Å². The van der Waals surface area contributed by atoms with E-state index in [9.17, 15) is 9.59 Å². The minimum atomic E-state index is -0.329. The monoisotopic (exact) mass is 397 g/mol. The summed E-state index contributed by atoms with van der Waals surface area (Å²) < 4.78 is 12.5. The van der Waals surface area contributed by atoms with Crippen LogP contribution in [-0.4, -0.2) is 54.8 Å². The Morgan fingerprint density at radius 1 is 1.14 bits per heavy atom. The van der Waals surface area contributed by atoms with Gasteiger partial charge in [0.15, 0.2) is 0 Å². The first kappa shape index (κ1) is 19.7. The summed E-state index contributed by atoms with van der Waals surface area (Å²) >= 11 is 0. The zero-order valence-electron chi connectivity index (χ0n) is 16.8. The first-order chi connectivity index (χ1) is 14.1. The summed E-state index contributed by atoms with van der Waals surface area (Å²) in [4.78, 5) is 28.0. The van der Waals surface area contributed by atoms with Gasteiger partial charge in [0.05, 0.1) is 19.8 Å². The highest BCUT2D eigenvalue weighted by Gasteiger charge is 2.17. The third-order valence-electron chi connectivity index (χ3n) is 5.57. The maximum absolute atomic E-state index is 12.9. The fourth-order valence-corrected chi connectivity index (χ4v) is 3.81. The molecule has 1 amide bonds. The van der Waals surface area contributed by atoms with E-state index in [1.807, 2.05) is 18.2 Å². The fraction of sp³-hybridized carbons (Fsp3) is 0.455. The van der Waals surface area contributed by atoms with Crippen LogP contribution in [0.25, 0.3) is 0 Å². The van der Waals surface area contributed by atoms with Gasteiger partial charge < -0.3 is 19.4 Å². The summed E-state index contributed by atoms with van der Waals surface area (Å²) in [5.74, 6) is 0.590. The van der Waals surface area contributed by atoms with E-state index in [4.69, 9.17) is 9.47 Å². The average Bonchev–Trinajstić information content (AvgIpc) is 3.20. The average molecular weight is 397 g/mol. The Bertz CT molecular complexity index is 948. The number of hydrogen-bond acceptors (Lipinski definition) is 5. The number of ether oxygens (including phenoxy) is 2. The van der Waals surface area contributed by atoms with Crippen LogP contribution in [0.4, 0.5) is 0 Å². The Balaban J connectivity index is 1.42. The van der Waals surface area contributed by atoms with Crippen LogP contribution in [0, 0.1) is 6.92 Å². The largest absolute Gasteiger partial charge is 0.493 e. The van der Waals surface area contributed by atoms with Crippen molar-refractivity contribution in [3.63, 3.8) is 0 Å². The molecule has 2 aliphatic heterocycles. The van der Waals surface area contributed by atoms with Gasteiger partial charge in [-0.15, -0.1) is 0 Å². The number of carbonyl (C=O) groups is 1. The van der Waals surface area contributed by atoms with Crippen molar-refractivity contribution in [1.82, 2.24) is 14.8 Å². The van der Waals surface area contributed by atoms with Gasteiger partial charge in [-0.3, -0.25) is 14.5 Å². The van der Waals surface area contributed by atoms with Crippen molar-refractivity contribution in [2.45, 2.75) is 26.4 Å². The zero-order chi connectivity index (χ0) is 20.2. The van der Waals surface area contributed by atoms with Gasteiger partial charge >= 0.3 is 0 Å². The molecule has 0 radical (unpaired) electrons. The Morgan fingerprint density at radius 2 is 1.97 bits per heavy atom. The second kappa shape index (κ2) is 8.80. The maximum Gasteiger partial charge on any atom is 0.263 e. The van der Waals surface area contributed by atoms with Crippen molar-refractivity contribution < 1.29 is 14.3 Å². The Hall–Kier alpha value is -2.64. The van der Waals surface area contributed by atoms with Gasteiger partial charge in [0.2, 0.25) is 0 Å². The fourth-order valence-electron chi connectivity index (χ4n) is 3.81. The first-order valence-corrected chi connectivity index (χ1v) is 10.1. The second-order valence-electron chi connectivity index (χ2n) is 7.55. The molecule has 2 aromatic rings. The van der Waals surface area contributed by atoms with E-state index in [0.717, 1.165) is 56.1 Å². The molecule has 0 saturated carbocycles. The molecule has 1 fully saturated rings. The number of hydrogen-bond donors (Lipinski definition) is 1. The number of benzene rings is 1. The summed E-state index contributed by atoms with van der Waals surface area (Å²) in [5.41, 5.74) is 2.84. The summed E-state index contributed by atoms with van der Waals surface area (Å²) in [7, 11) is 0. The number of aryl methyl sites for hydroxylation is 1. The van der Waals surface area contributed by atoms with Crippen molar-refractivity contribution >= 4 is 5.91 Å². The highest BCUT2D eigenvalue weighted by Crippen LogP contribution is 2.25. The highest BCUT2D eigenvalue weighted by atomic mass is 16.5. The molecule has 154 valence electrons. The number of morpholine rings is 1. The molecule has 0 spiro atoms. The smallest absolute Gasteiger partial charge is 0.263 e. The second-order valence-corrected chi connectivity index (χ2v) is 7.55. The van der Waals surface area contributed by atoms with Crippen molar-refractivity contribution in [2.24, 2.45) is 0 Å². The number of pyridine rings is 1. The molecule has 7 nitrogen and oxygen atoms in total. The topological polar surface area (TPSA) is 72.8 Å². The Morgan fingerprint density at radius 3 is 2.79 bits per heavy atom. The molecule has 0 atom stereocenters. The molecule has 1 saturated heterocycles. The summed E-state index contributed by atoms with van der Waals surface area (Å²) in [6.07, 6.45) is 2.66. The predicted molar refractivity (Wildman–Crippen MR) is 110 cm³/mol. The van der Waals surface area contributed by atoms with Crippen molar-refractivity contribution in [2.75, 3.05) is 39.5 Å². The van der Waals surface area contributed by atoms with Crippen molar-refractivity contribution in [3.8, 4) is 5.75 Å². The van der Waals surface area contributed by atoms with Crippen molar-refractivity contribution in [3.05, 3.63) is 63.1 Å². The zero-order valence-corrected chi connectivity index (χ0v) is 16.8. The van der Waals surface area contributed by atoms with Gasteiger partial charge in [0.1, 0.15) is 11.3 Å². The van der Waals surface area contributed by atoms with Crippen LogP contribution in [0.3, 0.4) is 0 Å². The Labute approximate surface area is 170 Å². The molecule has 29 heavy (non-hydrogen) atoms. The third kappa shape index (κ3) is 4.52. The van der Waals surface area contributed by atoms with Crippen LogP contribution < -0.4 is 15.6 Å². The van der Waals surface area contributed by atoms with Gasteiger partial charge in [-0.25, -0.2) is 0 Å². The number of amides is 1. The number of fused-ring (bicyclic) bond motifs is 1. The minimum absolute atomic E-state index is 0.221. The predicted octanol–water partition coefficient (Wildman–Crippen LogP) is 1.35. The summed E-state index contributed by atoms with van der Waals surface area (Å²) in [6, 6.07) is 7.78. The lowest BCUT2D eigenvalue weighted by Crippen LogP contribution is -2.40. The molecular formula is C22H27N3O4. The van der Waals surface area contributed by atoms with E-state index < -0.39 is 0 Å². The molecule has 0 unspecified atom stereocenters. The van der Waals surface area contributed by atoms with Crippen LogP contribution in [0.5, 0.6) is 5.75 Å². The number of nitrogens with zero attached hydrogens (tertiary/aromatic N) is 2. The summed E-state index contributed by atoms with van der Waals surface area (Å²) in [6.45, 7) is 7.42. The normalized spacial score (nSPS) is 16.3. The molecule has 4 rings (SSSR count). The van der Waals surface area contributed by atoms with E-state index in [-0.39, 0.29) is 17.0 Å². The lowest BCUT2D eigenvalue weighted by atomic mass is 10.1. The van der Waals surface area contributed by atoms with Gasteiger partial charge in [0, 0.05) is 45.3 Å². The van der Waals surface area contributed by atoms with E-state index in [1.165, 1.54) is 0 Å². The van der Waals surface area contributed by atoms with Crippen LogP contribution in [0.1, 0.15) is 27.0 Å². The highest BCUT2D eigenvalue weighted by molar-refractivity contribution is 5.95. The number of rotatable bonds is 6.